The van der Waals surface area contributed by atoms with E-state index >= 15 is 0 Å². The van der Waals surface area contributed by atoms with Gasteiger partial charge in [0, 0.05) is 5.56 Å². The van der Waals surface area contributed by atoms with Crippen molar-refractivity contribution >= 4 is 53.9 Å². The molecule has 0 fully saturated rings. The van der Waals surface area contributed by atoms with Gasteiger partial charge in [-0.3, -0.25) is 0 Å². The molecular weight excluding hydrogens is 436 g/mol. The lowest BCUT2D eigenvalue weighted by molar-refractivity contribution is 0.282. The quantitative estimate of drug-likeness (QED) is 0.315. The summed E-state index contributed by atoms with van der Waals surface area (Å²) >= 11 is 3.14. The smallest absolute Gasteiger partial charge is 0.155 e. The number of aromatic nitrogens is 2. The Kier molecular flexibility index (Phi) is 4.64. The van der Waals surface area contributed by atoms with Crippen molar-refractivity contribution in [3.63, 3.8) is 0 Å². The van der Waals surface area contributed by atoms with Gasteiger partial charge in [-0.1, -0.05) is 89.4 Å². The number of methoxy groups -OCH3 is 1. The van der Waals surface area contributed by atoms with Gasteiger partial charge in [-0.2, -0.15) is 0 Å². The summed E-state index contributed by atoms with van der Waals surface area (Å²) in [6.07, 6.45) is 0. The van der Waals surface area contributed by atoms with Gasteiger partial charge in [-0.15, -0.1) is 0 Å². The Morgan fingerprint density at radius 2 is 1.28 bits per heavy atom. The van der Waals surface area contributed by atoms with Gasteiger partial charge in [0.2, 0.25) is 0 Å². The summed E-state index contributed by atoms with van der Waals surface area (Å²) in [5.41, 5.74) is 2.87. The minimum atomic E-state index is -0.0285. The largest absolute Gasteiger partial charge is 0.496 e. The zero-order valence-electron chi connectivity index (χ0n) is 17.2. The standard InChI is InChI=1S/C26H18N2O2S2/c1-30-20-13-12-16-7-3-5-9-19(16)22(20)24-28-26-25(32-24)27-23(31-26)21-17(14-29)11-10-15-6-2-4-8-18(15)21/h2-13,29H,14H2,1H3. The first kappa shape index (κ1) is 19.4. The number of aliphatic hydroxyl groups is 1. The SMILES string of the molecule is COc1ccc2ccccc2c1-c1nc2sc(-c3c(CO)ccc4ccccc34)nc2s1. The molecule has 2 heterocycles. The lowest BCUT2D eigenvalue weighted by Gasteiger charge is -2.10. The molecule has 0 atom stereocenters. The molecular formula is C26H18N2O2S2. The number of aliphatic hydroxyl groups excluding tert-OH is 1. The predicted molar refractivity (Wildman–Crippen MR) is 134 cm³/mol. The molecule has 32 heavy (non-hydrogen) atoms. The van der Waals surface area contributed by atoms with Crippen LogP contribution in [0.5, 0.6) is 5.75 Å². The highest BCUT2D eigenvalue weighted by Crippen LogP contribution is 2.44. The Hall–Kier alpha value is -3.32. The lowest BCUT2D eigenvalue weighted by atomic mass is 10.00. The third-order valence-corrected chi connectivity index (χ3v) is 7.76. The third kappa shape index (κ3) is 2.99. The van der Waals surface area contributed by atoms with E-state index in [1.165, 1.54) is 0 Å². The van der Waals surface area contributed by atoms with Crippen LogP contribution in [0.4, 0.5) is 0 Å². The summed E-state index contributed by atoms with van der Waals surface area (Å²) in [7, 11) is 1.69. The van der Waals surface area contributed by atoms with Crippen molar-refractivity contribution in [3.8, 4) is 26.9 Å². The van der Waals surface area contributed by atoms with Crippen molar-refractivity contribution in [2.45, 2.75) is 6.61 Å². The second-order valence-corrected chi connectivity index (χ2v) is 9.45. The summed E-state index contributed by atoms with van der Waals surface area (Å²) in [6, 6.07) is 24.6. The number of thiazole rings is 2. The maximum atomic E-state index is 9.97. The van der Waals surface area contributed by atoms with E-state index in [0.717, 1.165) is 63.7 Å². The molecule has 0 bridgehead atoms. The van der Waals surface area contributed by atoms with E-state index in [2.05, 4.69) is 30.3 Å². The van der Waals surface area contributed by atoms with Crippen LogP contribution in [0.2, 0.25) is 0 Å². The normalized spacial score (nSPS) is 11.6. The predicted octanol–water partition coefficient (Wildman–Crippen LogP) is 6.89. The number of ether oxygens (including phenoxy) is 1. The van der Waals surface area contributed by atoms with Gasteiger partial charge < -0.3 is 9.84 Å². The first-order valence-electron chi connectivity index (χ1n) is 10.2. The molecule has 0 aliphatic carbocycles. The summed E-state index contributed by atoms with van der Waals surface area (Å²) in [5, 5.41) is 16.2. The zero-order chi connectivity index (χ0) is 21.7. The van der Waals surface area contributed by atoms with Gasteiger partial charge in [0.1, 0.15) is 15.8 Å². The first-order valence-corrected chi connectivity index (χ1v) is 11.9. The van der Waals surface area contributed by atoms with Crippen LogP contribution in [0.3, 0.4) is 0 Å². The molecule has 6 rings (SSSR count). The fraction of sp³-hybridized carbons (Fsp3) is 0.0769. The molecule has 2 aromatic heterocycles. The molecule has 6 heteroatoms. The van der Waals surface area contributed by atoms with Crippen molar-refractivity contribution in [3.05, 3.63) is 78.4 Å². The number of nitrogens with zero attached hydrogens (tertiary/aromatic N) is 2. The van der Waals surface area contributed by atoms with Crippen LogP contribution in [0.25, 0.3) is 52.3 Å². The molecule has 0 radical (unpaired) electrons. The van der Waals surface area contributed by atoms with Crippen molar-refractivity contribution in [2.24, 2.45) is 0 Å². The van der Waals surface area contributed by atoms with Gasteiger partial charge in [0.15, 0.2) is 9.66 Å². The fourth-order valence-corrected chi connectivity index (χ4v) is 6.40. The second kappa shape index (κ2) is 7.67. The topological polar surface area (TPSA) is 55.2 Å². The van der Waals surface area contributed by atoms with Crippen molar-refractivity contribution in [1.29, 1.82) is 0 Å². The highest BCUT2D eigenvalue weighted by molar-refractivity contribution is 7.29. The van der Waals surface area contributed by atoms with E-state index in [1.807, 2.05) is 42.5 Å². The molecule has 156 valence electrons. The van der Waals surface area contributed by atoms with Gasteiger partial charge in [0.05, 0.1) is 19.3 Å². The minimum Gasteiger partial charge on any atom is -0.496 e. The molecule has 4 aromatic carbocycles. The third-order valence-electron chi connectivity index (χ3n) is 5.70. The van der Waals surface area contributed by atoms with Crippen molar-refractivity contribution in [1.82, 2.24) is 9.97 Å². The molecule has 4 nitrogen and oxygen atoms in total. The molecule has 0 aliphatic rings. The fourth-order valence-electron chi connectivity index (χ4n) is 4.20. The Bertz CT molecular complexity index is 1470. The zero-order valence-corrected chi connectivity index (χ0v) is 18.8. The van der Waals surface area contributed by atoms with E-state index in [0.29, 0.717) is 0 Å². The molecule has 0 spiro atoms. The molecule has 6 aromatic rings. The molecule has 0 amide bonds. The Balaban J connectivity index is 1.54. The van der Waals surface area contributed by atoms with Crippen LogP contribution in [0.15, 0.2) is 72.8 Å². The first-order chi connectivity index (χ1) is 15.8. The average Bonchev–Trinajstić information content (AvgIpc) is 3.41. The number of hydrogen-bond acceptors (Lipinski definition) is 6. The Morgan fingerprint density at radius 1 is 0.719 bits per heavy atom. The summed E-state index contributed by atoms with van der Waals surface area (Å²) in [4.78, 5) is 11.7. The Labute approximate surface area is 192 Å². The summed E-state index contributed by atoms with van der Waals surface area (Å²) < 4.78 is 5.67. The molecule has 0 aliphatic heterocycles. The van der Waals surface area contributed by atoms with Crippen molar-refractivity contribution < 1.29 is 9.84 Å². The van der Waals surface area contributed by atoms with Crippen LogP contribution in [-0.2, 0) is 6.61 Å². The minimum absolute atomic E-state index is 0.0285. The van der Waals surface area contributed by atoms with Crippen LogP contribution < -0.4 is 4.74 Å². The van der Waals surface area contributed by atoms with Gasteiger partial charge in [0.25, 0.3) is 0 Å². The number of rotatable bonds is 4. The number of benzene rings is 4. The van der Waals surface area contributed by atoms with Crippen LogP contribution in [0.1, 0.15) is 5.56 Å². The number of hydrogen-bond donors (Lipinski definition) is 1. The highest BCUT2D eigenvalue weighted by Gasteiger charge is 2.20. The lowest BCUT2D eigenvalue weighted by Crippen LogP contribution is -1.91. The van der Waals surface area contributed by atoms with Gasteiger partial charge >= 0.3 is 0 Å². The average molecular weight is 455 g/mol. The number of fused-ring (bicyclic) bond motifs is 3. The van der Waals surface area contributed by atoms with Gasteiger partial charge in [-0.05, 0) is 33.2 Å². The Morgan fingerprint density at radius 3 is 1.91 bits per heavy atom. The van der Waals surface area contributed by atoms with Crippen LogP contribution in [0, 0.1) is 0 Å². The molecule has 1 N–H and O–H groups in total. The monoisotopic (exact) mass is 454 g/mol. The summed E-state index contributed by atoms with van der Waals surface area (Å²) in [6.45, 7) is -0.0285. The van der Waals surface area contributed by atoms with E-state index in [4.69, 9.17) is 14.7 Å². The molecule has 0 unspecified atom stereocenters. The van der Waals surface area contributed by atoms with E-state index in [-0.39, 0.29) is 6.61 Å². The van der Waals surface area contributed by atoms with Crippen molar-refractivity contribution in [2.75, 3.05) is 7.11 Å². The van der Waals surface area contributed by atoms with Crippen LogP contribution >= 0.6 is 22.7 Å². The summed E-state index contributed by atoms with van der Waals surface area (Å²) in [5.74, 6) is 0.807. The highest BCUT2D eigenvalue weighted by atomic mass is 32.1. The molecule has 0 saturated carbocycles. The van der Waals surface area contributed by atoms with E-state index in [9.17, 15) is 5.11 Å². The van der Waals surface area contributed by atoms with Gasteiger partial charge in [-0.25, -0.2) is 9.97 Å². The molecule has 0 saturated heterocycles. The van der Waals surface area contributed by atoms with Crippen LogP contribution in [-0.4, -0.2) is 22.2 Å². The second-order valence-electron chi connectivity index (χ2n) is 7.49. The van der Waals surface area contributed by atoms with E-state index in [1.54, 1.807) is 29.8 Å². The maximum absolute atomic E-state index is 9.97. The maximum Gasteiger partial charge on any atom is 0.155 e. The van der Waals surface area contributed by atoms with E-state index < -0.39 is 0 Å².